The second-order valence-electron chi connectivity index (χ2n) is 5.49. The van der Waals surface area contributed by atoms with Crippen LogP contribution in [0.2, 0.25) is 5.15 Å². The zero-order valence-electron chi connectivity index (χ0n) is 13.3. The summed E-state index contributed by atoms with van der Waals surface area (Å²) in [4.78, 5) is 16.1. The maximum Gasteiger partial charge on any atom is 0.166 e. The Morgan fingerprint density at radius 2 is 2.00 bits per heavy atom. The predicted molar refractivity (Wildman–Crippen MR) is 93.2 cm³/mol. The predicted octanol–water partition coefficient (Wildman–Crippen LogP) is 4.77. The number of hydrogen-bond donors (Lipinski definition) is 0. The SMILES string of the molecule is CCc1ccc(-c2cc(CCC(=O)c3cccnc3Cl)on2)cc1. The Morgan fingerprint density at radius 1 is 1.21 bits per heavy atom. The molecule has 4 nitrogen and oxygen atoms in total. The van der Waals surface area contributed by atoms with Crippen LogP contribution in [0.25, 0.3) is 11.3 Å². The van der Waals surface area contributed by atoms with Crippen molar-refractivity contribution in [3.8, 4) is 11.3 Å². The highest BCUT2D eigenvalue weighted by Crippen LogP contribution is 2.21. The summed E-state index contributed by atoms with van der Waals surface area (Å²) in [7, 11) is 0. The number of ketones is 1. The third-order valence-electron chi connectivity index (χ3n) is 3.87. The highest BCUT2D eigenvalue weighted by Gasteiger charge is 2.13. The molecule has 0 radical (unpaired) electrons. The van der Waals surface area contributed by atoms with E-state index >= 15 is 0 Å². The van der Waals surface area contributed by atoms with Crippen LogP contribution in [-0.2, 0) is 12.8 Å². The van der Waals surface area contributed by atoms with E-state index in [9.17, 15) is 4.79 Å². The first-order valence-electron chi connectivity index (χ1n) is 7.86. The molecule has 5 heteroatoms. The standard InChI is InChI=1S/C19H17ClN2O2/c1-2-13-5-7-14(8-6-13)17-12-15(24-22-17)9-10-18(23)16-4-3-11-21-19(16)20/h3-8,11-12H,2,9-10H2,1H3. The van der Waals surface area contributed by atoms with Crippen molar-refractivity contribution >= 4 is 17.4 Å². The van der Waals surface area contributed by atoms with Crippen LogP contribution >= 0.6 is 11.6 Å². The summed E-state index contributed by atoms with van der Waals surface area (Å²) < 4.78 is 5.34. The molecule has 3 aromatic rings. The van der Waals surface area contributed by atoms with Crippen molar-refractivity contribution in [1.29, 1.82) is 0 Å². The van der Waals surface area contributed by atoms with E-state index in [-0.39, 0.29) is 10.9 Å². The van der Waals surface area contributed by atoms with Gasteiger partial charge in [-0.1, -0.05) is 47.9 Å². The van der Waals surface area contributed by atoms with Gasteiger partial charge in [-0.2, -0.15) is 0 Å². The molecule has 0 aliphatic rings. The van der Waals surface area contributed by atoms with Gasteiger partial charge in [0.15, 0.2) is 5.78 Å². The number of carbonyl (C=O) groups excluding carboxylic acids is 1. The van der Waals surface area contributed by atoms with E-state index in [1.54, 1.807) is 18.3 Å². The van der Waals surface area contributed by atoms with Crippen molar-refractivity contribution < 1.29 is 9.32 Å². The molecule has 0 aliphatic carbocycles. The van der Waals surface area contributed by atoms with Gasteiger partial charge in [0.05, 0.1) is 5.56 Å². The fourth-order valence-corrected chi connectivity index (χ4v) is 2.67. The highest BCUT2D eigenvalue weighted by atomic mass is 35.5. The molecule has 0 atom stereocenters. The Balaban J connectivity index is 1.66. The Labute approximate surface area is 145 Å². The van der Waals surface area contributed by atoms with Crippen LogP contribution in [0.1, 0.15) is 35.0 Å². The van der Waals surface area contributed by atoms with Gasteiger partial charge in [0, 0.05) is 30.7 Å². The van der Waals surface area contributed by atoms with Gasteiger partial charge in [0.1, 0.15) is 16.6 Å². The first-order valence-corrected chi connectivity index (χ1v) is 8.24. The molecule has 2 aromatic heterocycles. The summed E-state index contributed by atoms with van der Waals surface area (Å²) in [5.74, 6) is 0.622. The van der Waals surface area contributed by atoms with Crippen LogP contribution in [0.4, 0.5) is 0 Å². The first-order chi connectivity index (χ1) is 11.7. The molecule has 122 valence electrons. The summed E-state index contributed by atoms with van der Waals surface area (Å²) in [6.45, 7) is 2.12. The minimum atomic E-state index is -0.0571. The van der Waals surface area contributed by atoms with E-state index in [4.69, 9.17) is 16.1 Å². The van der Waals surface area contributed by atoms with E-state index in [0.717, 1.165) is 17.7 Å². The van der Waals surface area contributed by atoms with Gasteiger partial charge in [-0.3, -0.25) is 4.79 Å². The molecule has 0 fully saturated rings. The topological polar surface area (TPSA) is 56.0 Å². The third-order valence-corrected chi connectivity index (χ3v) is 4.18. The molecule has 3 rings (SSSR count). The number of carbonyl (C=O) groups is 1. The van der Waals surface area contributed by atoms with E-state index in [0.29, 0.717) is 24.2 Å². The Kier molecular flexibility index (Phi) is 5.06. The van der Waals surface area contributed by atoms with Crippen LogP contribution in [0.3, 0.4) is 0 Å². The molecule has 0 N–H and O–H groups in total. The fraction of sp³-hybridized carbons (Fsp3) is 0.211. The zero-order chi connectivity index (χ0) is 16.9. The van der Waals surface area contributed by atoms with Crippen molar-refractivity contribution in [3.63, 3.8) is 0 Å². The number of hydrogen-bond acceptors (Lipinski definition) is 4. The molecule has 24 heavy (non-hydrogen) atoms. The minimum absolute atomic E-state index is 0.0571. The Hall–Kier alpha value is -2.46. The molecule has 0 spiro atoms. The Bertz CT molecular complexity index is 841. The fourth-order valence-electron chi connectivity index (χ4n) is 2.44. The average Bonchev–Trinajstić information content (AvgIpc) is 3.09. The molecular weight excluding hydrogens is 324 g/mol. The molecule has 0 amide bonds. The first kappa shape index (κ1) is 16.4. The van der Waals surface area contributed by atoms with E-state index in [2.05, 4.69) is 29.2 Å². The van der Waals surface area contributed by atoms with Crippen LogP contribution in [0.5, 0.6) is 0 Å². The molecule has 1 aromatic carbocycles. The molecule has 0 saturated heterocycles. The van der Waals surface area contributed by atoms with Gasteiger partial charge in [0.25, 0.3) is 0 Å². The van der Waals surface area contributed by atoms with E-state index in [1.165, 1.54) is 5.56 Å². The second kappa shape index (κ2) is 7.41. The molecule has 0 aliphatic heterocycles. The van der Waals surface area contributed by atoms with Gasteiger partial charge < -0.3 is 4.52 Å². The average molecular weight is 341 g/mol. The van der Waals surface area contributed by atoms with Crippen LogP contribution in [-0.4, -0.2) is 15.9 Å². The quantitative estimate of drug-likeness (QED) is 0.479. The summed E-state index contributed by atoms with van der Waals surface area (Å²) in [6, 6.07) is 13.5. The van der Waals surface area contributed by atoms with E-state index < -0.39 is 0 Å². The number of nitrogens with zero attached hydrogens (tertiary/aromatic N) is 2. The summed E-state index contributed by atoms with van der Waals surface area (Å²) in [5.41, 5.74) is 3.50. The maximum atomic E-state index is 12.2. The normalized spacial score (nSPS) is 10.8. The lowest BCUT2D eigenvalue weighted by atomic mass is 10.1. The molecule has 0 saturated carbocycles. The Morgan fingerprint density at radius 3 is 2.71 bits per heavy atom. The lowest BCUT2D eigenvalue weighted by Crippen LogP contribution is -2.02. The smallest absolute Gasteiger partial charge is 0.166 e. The lowest BCUT2D eigenvalue weighted by molar-refractivity contribution is 0.0980. The van der Waals surface area contributed by atoms with Crippen LogP contribution < -0.4 is 0 Å². The molecule has 2 heterocycles. The third kappa shape index (κ3) is 3.71. The van der Waals surface area contributed by atoms with Gasteiger partial charge in [-0.05, 0) is 24.1 Å². The number of aryl methyl sites for hydroxylation is 2. The number of halogens is 1. The van der Waals surface area contributed by atoms with Gasteiger partial charge >= 0.3 is 0 Å². The van der Waals surface area contributed by atoms with Gasteiger partial charge in [-0.15, -0.1) is 0 Å². The maximum absolute atomic E-state index is 12.2. The summed E-state index contributed by atoms with van der Waals surface area (Å²) in [6.07, 6.45) is 3.34. The number of rotatable bonds is 6. The lowest BCUT2D eigenvalue weighted by Gasteiger charge is -2.00. The molecule has 0 bridgehead atoms. The highest BCUT2D eigenvalue weighted by molar-refractivity contribution is 6.32. The molecular formula is C19H17ClN2O2. The van der Waals surface area contributed by atoms with Gasteiger partial charge in [-0.25, -0.2) is 4.98 Å². The van der Waals surface area contributed by atoms with Crippen molar-refractivity contribution in [2.45, 2.75) is 26.2 Å². The minimum Gasteiger partial charge on any atom is -0.361 e. The number of Topliss-reactive ketones (excluding diaryl/α,β-unsaturated/α-hetero) is 1. The summed E-state index contributed by atoms with van der Waals surface area (Å²) >= 11 is 5.94. The van der Waals surface area contributed by atoms with Gasteiger partial charge in [0.2, 0.25) is 0 Å². The van der Waals surface area contributed by atoms with E-state index in [1.807, 2.05) is 18.2 Å². The van der Waals surface area contributed by atoms with Crippen molar-refractivity contribution in [2.24, 2.45) is 0 Å². The van der Waals surface area contributed by atoms with Crippen molar-refractivity contribution in [2.75, 3.05) is 0 Å². The molecule has 0 unspecified atom stereocenters. The van der Waals surface area contributed by atoms with Crippen molar-refractivity contribution in [3.05, 3.63) is 70.7 Å². The monoisotopic (exact) mass is 340 g/mol. The second-order valence-corrected chi connectivity index (χ2v) is 5.85. The van der Waals surface area contributed by atoms with Crippen LogP contribution in [0.15, 0.2) is 53.2 Å². The summed E-state index contributed by atoms with van der Waals surface area (Å²) in [5, 5.41) is 4.32. The number of aromatic nitrogens is 2. The largest absolute Gasteiger partial charge is 0.361 e. The van der Waals surface area contributed by atoms with Crippen molar-refractivity contribution in [1.82, 2.24) is 10.1 Å². The number of benzene rings is 1. The number of pyridine rings is 1. The zero-order valence-corrected chi connectivity index (χ0v) is 14.1. The van der Waals surface area contributed by atoms with Crippen LogP contribution in [0, 0.1) is 0 Å².